The Labute approximate surface area is 111 Å². The van der Waals surface area contributed by atoms with Crippen LogP contribution in [-0.2, 0) is 4.74 Å². The standard InChI is InChI=1S/C12H19N3O4/c1-12(2,3)19-11(18)14-5-4-8-6-13-15(10(16)17)9(8)7-14/h13H,4-7H2,1-3H3,(H,16,17). The van der Waals surface area contributed by atoms with Gasteiger partial charge in [0.25, 0.3) is 0 Å². The van der Waals surface area contributed by atoms with Gasteiger partial charge in [-0.15, -0.1) is 0 Å². The topological polar surface area (TPSA) is 82.1 Å². The van der Waals surface area contributed by atoms with Gasteiger partial charge >= 0.3 is 12.2 Å². The number of nitrogens with zero attached hydrogens (tertiary/aromatic N) is 2. The number of carbonyl (C=O) groups is 2. The van der Waals surface area contributed by atoms with E-state index in [0.717, 1.165) is 10.6 Å². The summed E-state index contributed by atoms with van der Waals surface area (Å²) in [6.07, 6.45) is -0.793. The molecule has 2 rings (SSSR count). The van der Waals surface area contributed by atoms with Crippen LogP contribution in [0.2, 0.25) is 0 Å². The van der Waals surface area contributed by atoms with Gasteiger partial charge in [-0.1, -0.05) is 0 Å². The van der Waals surface area contributed by atoms with Crippen LogP contribution in [0, 0.1) is 0 Å². The lowest BCUT2D eigenvalue weighted by Gasteiger charge is -2.31. The van der Waals surface area contributed by atoms with E-state index in [9.17, 15) is 9.59 Å². The van der Waals surface area contributed by atoms with E-state index >= 15 is 0 Å². The highest BCUT2D eigenvalue weighted by Crippen LogP contribution is 2.25. The maximum absolute atomic E-state index is 12.0. The van der Waals surface area contributed by atoms with Crippen molar-refractivity contribution in [3.8, 4) is 0 Å². The molecule has 2 aliphatic rings. The van der Waals surface area contributed by atoms with Crippen LogP contribution in [0.15, 0.2) is 11.3 Å². The van der Waals surface area contributed by atoms with Crippen LogP contribution in [0.4, 0.5) is 9.59 Å². The van der Waals surface area contributed by atoms with E-state index < -0.39 is 17.8 Å². The zero-order valence-corrected chi connectivity index (χ0v) is 11.4. The third-order valence-corrected chi connectivity index (χ3v) is 3.00. The van der Waals surface area contributed by atoms with E-state index in [1.807, 2.05) is 0 Å². The smallest absolute Gasteiger partial charge is 0.426 e. The Morgan fingerprint density at radius 2 is 2.05 bits per heavy atom. The molecular weight excluding hydrogens is 250 g/mol. The number of hydrazine groups is 1. The fourth-order valence-corrected chi connectivity index (χ4v) is 2.14. The fourth-order valence-electron chi connectivity index (χ4n) is 2.14. The molecule has 0 fully saturated rings. The molecule has 19 heavy (non-hydrogen) atoms. The molecule has 0 unspecified atom stereocenters. The van der Waals surface area contributed by atoms with E-state index in [4.69, 9.17) is 9.84 Å². The molecule has 0 saturated heterocycles. The first-order valence-corrected chi connectivity index (χ1v) is 6.23. The summed E-state index contributed by atoms with van der Waals surface area (Å²) in [5.41, 5.74) is 3.92. The molecule has 0 aromatic carbocycles. The molecule has 106 valence electrons. The van der Waals surface area contributed by atoms with Crippen molar-refractivity contribution in [1.29, 1.82) is 0 Å². The van der Waals surface area contributed by atoms with Crippen LogP contribution >= 0.6 is 0 Å². The molecule has 0 atom stereocenters. The minimum Gasteiger partial charge on any atom is -0.464 e. The van der Waals surface area contributed by atoms with Crippen LogP contribution in [0.5, 0.6) is 0 Å². The second-order valence-corrected chi connectivity index (χ2v) is 5.66. The van der Waals surface area contributed by atoms with E-state index in [-0.39, 0.29) is 6.54 Å². The number of carboxylic acid groups (broad SMARTS) is 1. The van der Waals surface area contributed by atoms with Gasteiger partial charge in [0.1, 0.15) is 5.60 Å². The van der Waals surface area contributed by atoms with Gasteiger partial charge in [0.05, 0.1) is 12.2 Å². The molecule has 7 nitrogen and oxygen atoms in total. The molecule has 0 aromatic rings. The minimum absolute atomic E-state index is 0.267. The van der Waals surface area contributed by atoms with Crippen molar-refractivity contribution in [1.82, 2.24) is 15.3 Å². The molecule has 0 bridgehead atoms. The van der Waals surface area contributed by atoms with E-state index in [1.165, 1.54) is 4.90 Å². The summed E-state index contributed by atoms with van der Waals surface area (Å²) in [5, 5.41) is 10.1. The van der Waals surface area contributed by atoms with Crippen LogP contribution in [0.1, 0.15) is 27.2 Å². The molecule has 0 aliphatic carbocycles. The van der Waals surface area contributed by atoms with Crippen molar-refractivity contribution < 1.29 is 19.4 Å². The first-order chi connectivity index (χ1) is 8.78. The average molecular weight is 269 g/mol. The lowest BCUT2D eigenvalue weighted by Crippen LogP contribution is -2.44. The fraction of sp³-hybridized carbons (Fsp3) is 0.667. The monoisotopic (exact) mass is 269 g/mol. The number of nitrogens with one attached hydrogen (secondary N) is 1. The first kappa shape index (κ1) is 13.7. The predicted molar refractivity (Wildman–Crippen MR) is 67.3 cm³/mol. The molecule has 0 radical (unpaired) electrons. The van der Waals surface area contributed by atoms with E-state index in [0.29, 0.717) is 25.2 Å². The van der Waals surface area contributed by atoms with Gasteiger partial charge in [-0.25, -0.2) is 20.0 Å². The van der Waals surface area contributed by atoms with Gasteiger partial charge in [-0.3, -0.25) is 0 Å². The second-order valence-electron chi connectivity index (χ2n) is 5.66. The van der Waals surface area contributed by atoms with Gasteiger partial charge in [0, 0.05) is 13.1 Å². The number of hydrogen-bond acceptors (Lipinski definition) is 4. The molecule has 0 spiro atoms. The number of carbonyl (C=O) groups excluding carboxylic acids is 1. The summed E-state index contributed by atoms with van der Waals surface area (Å²) in [7, 11) is 0. The Morgan fingerprint density at radius 1 is 1.37 bits per heavy atom. The highest BCUT2D eigenvalue weighted by atomic mass is 16.6. The second kappa shape index (κ2) is 4.73. The van der Waals surface area contributed by atoms with E-state index in [2.05, 4.69) is 5.43 Å². The summed E-state index contributed by atoms with van der Waals surface area (Å²) >= 11 is 0. The summed E-state index contributed by atoms with van der Waals surface area (Å²) in [6.45, 7) is 6.77. The van der Waals surface area contributed by atoms with Gasteiger partial charge < -0.3 is 14.7 Å². The van der Waals surface area contributed by atoms with Crippen molar-refractivity contribution in [3.05, 3.63) is 11.3 Å². The Kier molecular flexibility index (Phi) is 3.40. The third-order valence-electron chi connectivity index (χ3n) is 3.00. The third kappa shape index (κ3) is 2.98. The molecular formula is C12H19N3O4. The number of rotatable bonds is 0. The zero-order valence-electron chi connectivity index (χ0n) is 11.4. The van der Waals surface area contributed by atoms with Crippen molar-refractivity contribution in [2.45, 2.75) is 32.8 Å². The van der Waals surface area contributed by atoms with Gasteiger partial charge in [0.2, 0.25) is 0 Å². The summed E-state index contributed by atoms with van der Waals surface area (Å²) in [5.74, 6) is 0. The van der Waals surface area contributed by atoms with Crippen LogP contribution in [-0.4, -0.2) is 52.4 Å². The Balaban J connectivity index is 2.06. The maximum atomic E-state index is 12.0. The van der Waals surface area contributed by atoms with Crippen LogP contribution < -0.4 is 5.43 Å². The molecule has 2 aliphatic heterocycles. The number of amides is 2. The quantitative estimate of drug-likeness (QED) is 0.694. The molecule has 2 N–H and O–H groups in total. The predicted octanol–water partition coefficient (Wildman–Crippen LogP) is 1.38. The highest BCUT2D eigenvalue weighted by molar-refractivity contribution is 5.71. The van der Waals surface area contributed by atoms with Gasteiger partial charge in [-0.05, 0) is 32.8 Å². The lowest BCUT2D eigenvalue weighted by atomic mass is 10.1. The summed E-state index contributed by atoms with van der Waals surface area (Å²) in [6, 6.07) is 0. The van der Waals surface area contributed by atoms with Crippen LogP contribution in [0.25, 0.3) is 0 Å². The normalized spacial score (nSPS) is 19.5. The Hall–Kier alpha value is -1.76. The highest BCUT2D eigenvalue weighted by Gasteiger charge is 2.34. The van der Waals surface area contributed by atoms with E-state index in [1.54, 1.807) is 20.8 Å². The Bertz CT molecular complexity index is 439. The molecule has 7 heteroatoms. The van der Waals surface area contributed by atoms with Crippen molar-refractivity contribution >= 4 is 12.2 Å². The Morgan fingerprint density at radius 3 is 2.63 bits per heavy atom. The number of ether oxygens (including phenoxy) is 1. The molecule has 2 amide bonds. The molecule has 0 aromatic heterocycles. The lowest BCUT2D eigenvalue weighted by molar-refractivity contribution is 0.0245. The van der Waals surface area contributed by atoms with Gasteiger partial charge in [-0.2, -0.15) is 0 Å². The average Bonchev–Trinajstić information content (AvgIpc) is 2.68. The van der Waals surface area contributed by atoms with Gasteiger partial charge in [0.15, 0.2) is 0 Å². The SMILES string of the molecule is CC(C)(C)OC(=O)N1CCC2=C(C1)N(C(=O)O)NC2. The van der Waals surface area contributed by atoms with Crippen LogP contribution in [0.3, 0.4) is 0 Å². The van der Waals surface area contributed by atoms with Crippen molar-refractivity contribution in [2.75, 3.05) is 19.6 Å². The van der Waals surface area contributed by atoms with Crippen molar-refractivity contribution in [2.24, 2.45) is 0 Å². The first-order valence-electron chi connectivity index (χ1n) is 6.23. The summed E-state index contributed by atoms with van der Waals surface area (Å²) < 4.78 is 5.30. The largest absolute Gasteiger partial charge is 0.464 e. The number of hydrogen-bond donors (Lipinski definition) is 2. The molecule has 0 saturated carbocycles. The zero-order chi connectivity index (χ0) is 14.2. The molecule has 2 heterocycles. The van der Waals surface area contributed by atoms with Crippen molar-refractivity contribution in [3.63, 3.8) is 0 Å². The minimum atomic E-state index is -1.06. The summed E-state index contributed by atoms with van der Waals surface area (Å²) in [4.78, 5) is 24.6. The maximum Gasteiger partial charge on any atom is 0.426 e.